The van der Waals surface area contributed by atoms with Gasteiger partial charge in [-0.05, 0) is 43.4 Å². The number of piperidine rings is 1. The van der Waals surface area contributed by atoms with Crippen molar-refractivity contribution >= 4 is 5.91 Å². The molecule has 1 fully saturated rings. The summed E-state index contributed by atoms with van der Waals surface area (Å²) in [6, 6.07) is 16.1. The van der Waals surface area contributed by atoms with Crippen LogP contribution in [-0.4, -0.2) is 46.8 Å². The van der Waals surface area contributed by atoms with Gasteiger partial charge < -0.3 is 15.1 Å². The van der Waals surface area contributed by atoms with Crippen molar-refractivity contribution in [2.45, 2.75) is 45.6 Å². The fraction of sp³-hybridized carbons (Fsp3) is 0.458. The number of benzene rings is 2. The van der Waals surface area contributed by atoms with Crippen LogP contribution in [0, 0.1) is 12.3 Å². The Balaban J connectivity index is 1.83. The van der Waals surface area contributed by atoms with E-state index >= 15 is 0 Å². The van der Waals surface area contributed by atoms with Gasteiger partial charge in [0.15, 0.2) is 0 Å². The average Bonchev–Trinajstić information content (AvgIpc) is 2.71. The van der Waals surface area contributed by atoms with Crippen molar-refractivity contribution in [3.05, 3.63) is 70.8 Å². The number of hydrogen-bond donors (Lipinski definition) is 2. The largest absolute Gasteiger partial charge is 0.396 e. The molecule has 0 aromatic heterocycles. The Morgan fingerprint density at radius 1 is 1.18 bits per heavy atom. The van der Waals surface area contributed by atoms with Crippen LogP contribution in [0.4, 0.5) is 0 Å². The Labute approximate surface area is 167 Å². The van der Waals surface area contributed by atoms with Crippen molar-refractivity contribution in [3.63, 3.8) is 0 Å². The van der Waals surface area contributed by atoms with Gasteiger partial charge in [0.1, 0.15) is 0 Å². The summed E-state index contributed by atoms with van der Waals surface area (Å²) in [4.78, 5) is 15.2. The number of carbonyl (C=O) groups is 1. The van der Waals surface area contributed by atoms with Gasteiger partial charge in [0.25, 0.3) is 5.91 Å². The third kappa shape index (κ3) is 4.29. The highest BCUT2D eigenvalue weighted by molar-refractivity contribution is 5.96. The first-order chi connectivity index (χ1) is 13.5. The summed E-state index contributed by atoms with van der Waals surface area (Å²) in [5, 5.41) is 20.5. The molecule has 1 saturated heterocycles. The van der Waals surface area contributed by atoms with Gasteiger partial charge in [-0.25, -0.2) is 0 Å². The number of hydrogen-bond acceptors (Lipinski definition) is 3. The maximum Gasteiger partial charge on any atom is 0.254 e. The van der Waals surface area contributed by atoms with Crippen molar-refractivity contribution in [1.82, 2.24) is 4.90 Å². The molecule has 2 N–H and O–H groups in total. The monoisotopic (exact) mass is 381 g/mol. The van der Waals surface area contributed by atoms with Crippen molar-refractivity contribution in [2.24, 2.45) is 5.41 Å². The van der Waals surface area contributed by atoms with Gasteiger partial charge in [0.2, 0.25) is 0 Å². The van der Waals surface area contributed by atoms with Crippen molar-refractivity contribution in [3.8, 4) is 0 Å². The van der Waals surface area contributed by atoms with E-state index in [4.69, 9.17) is 0 Å². The first-order valence-corrected chi connectivity index (χ1v) is 10.2. The van der Waals surface area contributed by atoms with Crippen LogP contribution in [-0.2, 0) is 6.42 Å². The maximum absolute atomic E-state index is 13.3. The predicted molar refractivity (Wildman–Crippen MR) is 111 cm³/mol. The van der Waals surface area contributed by atoms with E-state index in [0.717, 1.165) is 12.0 Å². The average molecular weight is 382 g/mol. The van der Waals surface area contributed by atoms with E-state index in [2.05, 4.69) is 31.2 Å². The number of rotatable bonds is 6. The van der Waals surface area contributed by atoms with Crippen LogP contribution in [0.25, 0.3) is 0 Å². The maximum atomic E-state index is 13.3. The number of nitrogens with zero attached hydrogens (tertiary/aromatic N) is 1. The lowest BCUT2D eigenvalue weighted by molar-refractivity contribution is -0.0720. The van der Waals surface area contributed by atoms with Crippen molar-refractivity contribution in [2.75, 3.05) is 19.7 Å². The first-order valence-electron chi connectivity index (χ1n) is 10.2. The summed E-state index contributed by atoms with van der Waals surface area (Å²) < 4.78 is 0. The van der Waals surface area contributed by atoms with E-state index in [1.54, 1.807) is 0 Å². The van der Waals surface area contributed by atoms with Crippen LogP contribution >= 0.6 is 0 Å². The van der Waals surface area contributed by atoms with Gasteiger partial charge in [-0.15, -0.1) is 0 Å². The Bertz CT molecular complexity index is 802. The molecule has 2 aromatic rings. The molecule has 0 bridgehead atoms. The SMILES string of the molecule is CCC[C@@]1(CO)CN(C(=O)c2ccccc2Cc2ccc(C)cc2)CC[C@H]1O. The molecule has 1 aliphatic rings. The molecule has 0 aliphatic carbocycles. The smallest absolute Gasteiger partial charge is 0.254 e. The fourth-order valence-electron chi connectivity index (χ4n) is 4.28. The second kappa shape index (κ2) is 8.89. The zero-order chi connectivity index (χ0) is 20.1. The van der Waals surface area contributed by atoms with E-state index in [9.17, 15) is 15.0 Å². The lowest BCUT2D eigenvalue weighted by atomic mass is 9.74. The van der Waals surface area contributed by atoms with Crippen LogP contribution in [0.3, 0.4) is 0 Å². The molecule has 3 rings (SSSR count). The second-order valence-corrected chi connectivity index (χ2v) is 8.12. The predicted octanol–water partition coefficient (Wildman–Crippen LogP) is 3.57. The molecule has 28 heavy (non-hydrogen) atoms. The zero-order valence-electron chi connectivity index (χ0n) is 16.9. The molecule has 0 spiro atoms. The minimum absolute atomic E-state index is 0.0106. The Morgan fingerprint density at radius 2 is 1.89 bits per heavy atom. The van der Waals surface area contributed by atoms with Crippen LogP contribution in [0.5, 0.6) is 0 Å². The molecule has 0 saturated carbocycles. The molecule has 4 heteroatoms. The van der Waals surface area contributed by atoms with Gasteiger partial charge in [-0.2, -0.15) is 0 Å². The number of likely N-dealkylation sites (tertiary alicyclic amines) is 1. The van der Waals surface area contributed by atoms with E-state index in [0.29, 0.717) is 37.9 Å². The van der Waals surface area contributed by atoms with Crippen molar-refractivity contribution in [1.29, 1.82) is 0 Å². The molecule has 0 unspecified atom stereocenters. The highest BCUT2D eigenvalue weighted by Gasteiger charge is 2.43. The van der Waals surface area contributed by atoms with Crippen LogP contribution in [0.2, 0.25) is 0 Å². The minimum Gasteiger partial charge on any atom is -0.396 e. The van der Waals surface area contributed by atoms with Crippen LogP contribution in [0.1, 0.15) is 53.2 Å². The number of aliphatic hydroxyl groups excluding tert-OH is 2. The molecule has 4 nitrogen and oxygen atoms in total. The molecular weight excluding hydrogens is 350 g/mol. The number of carbonyl (C=O) groups excluding carboxylic acids is 1. The Morgan fingerprint density at radius 3 is 2.57 bits per heavy atom. The minimum atomic E-state index is -0.617. The van der Waals surface area contributed by atoms with Crippen LogP contribution in [0.15, 0.2) is 48.5 Å². The highest BCUT2D eigenvalue weighted by Crippen LogP contribution is 2.35. The van der Waals surface area contributed by atoms with Crippen molar-refractivity contribution < 1.29 is 15.0 Å². The molecule has 1 heterocycles. The third-order valence-corrected chi connectivity index (χ3v) is 6.00. The van der Waals surface area contributed by atoms with Crippen LogP contribution < -0.4 is 0 Å². The van der Waals surface area contributed by atoms with Gasteiger partial charge >= 0.3 is 0 Å². The molecular formula is C24H31NO3. The Kier molecular flexibility index (Phi) is 6.53. The van der Waals surface area contributed by atoms with Gasteiger partial charge in [0.05, 0.1) is 12.7 Å². The molecule has 1 aliphatic heterocycles. The highest BCUT2D eigenvalue weighted by atomic mass is 16.3. The van der Waals surface area contributed by atoms with E-state index in [1.807, 2.05) is 36.1 Å². The lowest BCUT2D eigenvalue weighted by Gasteiger charge is -2.45. The van der Waals surface area contributed by atoms with Gasteiger partial charge in [-0.3, -0.25) is 4.79 Å². The van der Waals surface area contributed by atoms with Gasteiger partial charge in [-0.1, -0.05) is 61.4 Å². The zero-order valence-corrected chi connectivity index (χ0v) is 16.9. The van der Waals surface area contributed by atoms with E-state index in [-0.39, 0.29) is 12.5 Å². The first kappa shape index (κ1) is 20.6. The fourth-order valence-corrected chi connectivity index (χ4v) is 4.28. The standard InChI is InChI=1S/C24H31NO3/c1-3-13-24(17-26)16-25(14-12-22(24)27)23(28)21-7-5-4-6-20(21)15-19-10-8-18(2)9-11-19/h4-11,22,26-27H,3,12-17H2,1-2H3/t22-,24+/m1/s1. The summed E-state index contributed by atoms with van der Waals surface area (Å²) in [7, 11) is 0. The number of amides is 1. The molecule has 1 amide bonds. The molecule has 2 atom stereocenters. The topological polar surface area (TPSA) is 60.8 Å². The lowest BCUT2D eigenvalue weighted by Crippen LogP contribution is -2.55. The number of aryl methyl sites for hydroxylation is 1. The van der Waals surface area contributed by atoms with Gasteiger partial charge in [0, 0.05) is 24.1 Å². The second-order valence-electron chi connectivity index (χ2n) is 8.12. The summed E-state index contributed by atoms with van der Waals surface area (Å²) >= 11 is 0. The normalized spacial score (nSPS) is 22.3. The molecule has 2 aromatic carbocycles. The quantitative estimate of drug-likeness (QED) is 0.804. The summed E-state index contributed by atoms with van der Waals surface area (Å²) in [6.45, 7) is 4.93. The molecule has 150 valence electrons. The summed E-state index contributed by atoms with van der Waals surface area (Å²) in [6.07, 6.45) is 2.22. The number of aliphatic hydroxyl groups is 2. The van der Waals surface area contributed by atoms with E-state index in [1.165, 1.54) is 11.1 Å². The molecule has 0 radical (unpaired) electrons. The third-order valence-electron chi connectivity index (χ3n) is 6.00. The van der Waals surface area contributed by atoms with E-state index < -0.39 is 11.5 Å². The summed E-state index contributed by atoms with van der Waals surface area (Å²) in [5.41, 5.74) is 3.50. The summed E-state index contributed by atoms with van der Waals surface area (Å²) in [5.74, 6) is -0.0106. The Hall–Kier alpha value is -2.17.